The maximum absolute atomic E-state index is 12.9. The Morgan fingerprint density at radius 3 is 1.04 bits per heavy atom. The number of esters is 2. The van der Waals surface area contributed by atoms with E-state index in [0.29, 0.717) is 19.4 Å². The van der Waals surface area contributed by atoms with Crippen LogP contribution in [0.5, 0.6) is 0 Å². The Morgan fingerprint density at radius 2 is 0.618 bits per heavy atom. The zero-order valence-corrected chi connectivity index (χ0v) is 45.6. The van der Waals surface area contributed by atoms with Gasteiger partial charge in [-0.05, 0) is 89.9 Å². The van der Waals surface area contributed by atoms with Gasteiger partial charge in [0, 0.05) is 19.4 Å². The first-order valence-corrected chi connectivity index (χ1v) is 29.8. The van der Waals surface area contributed by atoms with Crippen LogP contribution in [0.4, 0.5) is 0 Å². The summed E-state index contributed by atoms with van der Waals surface area (Å²) in [5.74, 6) is -0.424. The maximum Gasteiger partial charge on any atom is 0.306 e. The van der Waals surface area contributed by atoms with E-state index >= 15 is 0 Å². The first kappa shape index (κ1) is 65.6. The van der Waals surface area contributed by atoms with Crippen molar-refractivity contribution in [3.05, 3.63) is 60.8 Å². The third-order valence-corrected chi connectivity index (χ3v) is 13.0. The maximum atomic E-state index is 12.9. The molecule has 0 unspecified atom stereocenters. The number of unbranched alkanes of at least 4 members (excludes halogenated alkanes) is 34. The fourth-order valence-corrected chi connectivity index (χ4v) is 8.55. The van der Waals surface area contributed by atoms with E-state index in [0.717, 1.165) is 77.0 Å². The first-order valence-electron chi connectivity index (χ1n) is 29.8. The van der Waals surface area contributed by atoms with Gasteiger partial charge in [-0.3, -0.25) is 9.59 Å². The molecule has 0 heterocycles. The van der Waals surface area contributed by atoms with Crippen molar-refractivity contribution in [3.63, 3.8) is 0 Å². The van der Waals surface area contributed by atoms with Gasteiger partial charge in [-0.2, -0.15) is 0 Å². The number of carbonyl (C=O) groups excluding carboxylic acids is 2. The van der Waals surface area contributed by atoms with E-state index in [4.69, 9.17) is 14.2 Å². The average molecular weight is 952 g/mol. The average Bonchev–Trinajstić information content (AvgIpc) is 3.34. The Labute approximate surface area is 424 Å². The van der Waals surface area contributed by atoms with Crippen molar-refractivity contribution in [3.8, 4) is 0 Å². The summed E-state index contributed by atoms with van der Waals surface area (Å²) in [5.41, 5.74) is 0. The van der Waals surface area contributed by atoms with Crippen molar-refractivity contribution in [1.82, 2.24) is 0 Å². The fourth-order valence-electron chi connectivity index (χ4n) is 8.55. The third-order valence-electron chi connectivity index (χ3n) is 13.0. The van der Waals surface area contributed by atoms with Gasteiger partial charge in [-0.1, -0.05) is 261 Å². The van der Waals surface area contributed by atoms with Gasteiger partial charge in [-0.15, -0.1) is 0 Å². The second-order valence-electron chi connectivity index (χ2n) is 19.9. The molecule has 0 aromatic heterocycles. The van der Waals surface area contributed by atoms with Crippen molar-refractivity contribution in [2.75, 3.05) is 19.8 Å². The second-order valence-corrected chi connectivity index (χ2v) is 19.9. The van der Waals surface area contributed by atoms with Crippen LogP contribution in [0, 0.1) is 0 Å². The molecule has 396 valence electrons. The van der Waals surface area contributed by atoms with Crippen LogP contribution in [0.25, 0.3) is 0 Å². The molecule has 0 aromatic carbocycles. The molecule has 0 aromatic rings. The lowest BCUT2D eigenvalue weighted by atomic mass is 10.0. The van der Waals surface area contributed by atoms with Gasteiger partial charge in [0.05, 0.1) is 6.61 Å². The van der Waals surface area contributed by atoms with E-state index in [1.165, 1.54) is 193 Å². The van der Waals surface area contributed by atoms with Gasteiger partial charge in [0.1, 0.15) is 6.61 Å². The topological polar surface area (TPSA) is 61.8 Å². The van der Waals surface area contributed by atoms with Crippen molar-refractivity contribution in [1.29, 1.82) is 0 Å². The summed E-state index contributed by atoms with van der Waals surface area (Å²) in [7, 11) is 0. The largest absolute Gasteiger partial charge is 0.462 e. The highest BCUT2D eigenvalue weighted by atomic mass is 16.6. The molecule has 0 bridgehead atoms. The molecule has 0 spiro atoms. The van der Waals surface area contributed by atoms with Gasteiger partial charge in [-0.25, -0.2) is 0 Å². The summed E-state index contributed by atoms with van der Waals surface area (Å²) >= 11 is 0. The molecule has 0 aliphatic carbocycles. The summed E-state index contributed by atoms with van der Waals surface area (Å²) in [6, 6.07) is 0. The molecule has 5 nitrogen and oxygen atoms in total. The second kappa shape index (κ2) is 58.9. The van der Waals surface area contributed by atoms with Gasteiger partial charge < -0.3 is 14.2 Å². The zero-order valence-electron chi connectivity index (χ0n) is 45.6. The molecule has 0 fully saturated rings. The molecular formula is C63H114O5. The number of allylic oxidation sites excluding steroid dienone is 10. The fraction of sp³-hybridized carbons (Fsp3) is 0.810. The standard InChI is InChI=1S/C63H114O5/c1-4-7-10-13-16-19-22-25-28-31-32-34-36-39-42-45-48-51-54-57-63(65)68-61(59-66-58-55-52-49-46-43-40-37-30-27-24-21-18-15-12-9-6-3)60-67-62(64)56-53-50-47-44-41-38-35-33-29-26-23-20-17-14-11-8-5-2/h16,19,25-26,28-29,32,34,39,42,61H,4-15,17-18,20-24,27,30-31,33,35-38,40-41,43-60H2,1-3H3/b19-16-,28-25-,29-26-,34-32-,42-39-/t61-/m1/s1. The van der Waals surface area contributed by atoms with Crippen LogP contribution in [0.3, 0.4) is 0 Å². The van der Waals surface area contributed by atoms with Crippen LogP contribution in [-0.4, -0.2) is 37.9 Å². The normalized spacial score (nSPS) is 12.6. The predicted molar refractivity (Wildman–Crippen MR) is 298 cm³/mol. The lowest BCUT2D eigenvalue weighted by Crippen LogP contribution is -2.30. The summed E-state index contributed by atoms with van der Waals surface area (Å²) in [5, 5.41) is 0. The molecular weight excluding hydrogens is 837 g/mol. The predicted octanol–water partition coefficient (Wildman–Crippen LogP) is 20.5. The van der Waals surface area contributed by atoms with E-state index in [9.17, 15) is 9.59 Å². The summed E-state index contributed by atoms with van der Waals surface area (Å²) in [4.78, 5) is 25.5. The molecule has 0 aliphatic rings. The Bertz CT molecular complexity index is 1170. The zero-order chi connectivity index (χ0) is 49.2. The van der Waals surface area contributed by atoms with E-state index in [1.807, 2.05) is 0 Å². The quantitative estimate of drug-likeness (QED) is 0.0345. The minimum Gasteiger partial charge on any atom is -0.462 e. The molecule has 0 rings (SSSR count). The first-order chi connectivity index (χ1) is 33.6. The van der Waals surface area contributed by atoms with Crippen LogP contribution >= 0.6 is 0 Å². The van der Waals surface area contributed by atoms with E-state index in [2.05, 4.69) is 81.5 Å². The molecule has 0 amide bonds. The molecule has 1 atom stereocenters. The van der Waals surface area contributed by atoms with Crippen LogP contribution in [0.2, 0.25) is 0 Å². The van der Waals surface area contributed by atoms with E-state index in [-0.39, 0.29) is 25.2 Å². The third kappa shape index (κ3) is 56.2. The Kier molecular flexibility index (Phi) is 56.8. The summed E-state index contributed by atoms with van der Waals surface area (Å²) in [6.07, 6.45) is 75.3. The van der Waals surface area contributed by atoms with Crippen LogP contribution in [-0.2, 0) is 23.8 Å². The number of ether oxygens (including phenoxy) is 3. The lowest BCUT2D eigenvalue weighted by molar-refractivity contribution is -0.163. The Balaban J connectivity index is 4.32. The molecule has 0 N–H and O–H groups in total. The highest BCUT2D eigenvalue weighted by molar-refractivity contribution is 5.70. The van der Waals surface area contributed by atoms with Gasteiger partial charge in [0.25, 0.3) is 0 Å². The Morgan fingerprint density at radius 1 is 0.324 bits per heavy atom. The van der Waals surface area contributed by atoms with Crippen molar-refractivity contribution < 1.29 is 23.8 Å². The summed E-state index contributed by atoms with van der Waals surface area (Å²) < 4.78 is 17.5. The molecule has 5 heteroatoms. The highest BCUT2D eigenvalue weighted by Crippen LogP contribution is 2.16. The number of carbonyl (C=O) groups is 2. The van der Waals surface area contributed by atoms with Gasteiger partial charge >= 0.3 is 11.9 Å². The highest BCUT2D eigenvalue weighted by Gasteiger charge is 2.17. The molecule has 0 saturated carbocycles. The number of hydrogen-bond acceptors (Lipinski definition) is 5. The van der Waals surface area contributed by atoms with E-state index < -0.39 is 6.10 Å². The van der Waals surface area contributed by atoms with Crippen LogP contribution in [0.15, 0.2) is 60.8 Å². The monoisotopic (exact) mass is 951 g/mol. The van der Waals surface area contributed by atoms with Crippen molar-refractivity contribution in [2.45, 2.75) is 309 Å². The van der Waals surface area contributed by atoms with Crippen LogP contribution in [0.1, 0.15) is 303 Å². The SMILES string of the molecule is CCCCC/C=C\C/C=C\C/C=C\C/C=C\CCCCCC(=O)O[C@H](COCCCCCCCCCCCCCCCCCC)COC(=O)CCCCCCCCC/C=C\CCCCCCCC. The lowest BCUT2D eigenvalue weighted by Gasteiger charge is -2.18. The minimum atomic E-state index is -0.554. The summed E-state index contributed by atoms with van der Waals surface area (Å²) in [6.45, 7) is 7.81. The molecule has 0 saturated heterocycles. The molecule has 68 heavy (non-hydrogen) atoms. The van der Waals surface area contributed by atoms with Gasteiger partial charge in [0.2, 0.25) is 0 Å². The number of hydrogen-bond donors (Lipinski definition) is 0. The van der Waals surface area contributed by atoms with Crippen molar-refractivity contribution >= 4 is 11.9 Å². The minimum absolute atomic E-state index is 0.0724. The van der Waals surface area contributed by atoms with E-state index in [1.54, 1.807) is 0 Å². The molecule has 0 radical (unpaired) electrons. The van der Waals surface area contributed by atoms with Crippen molar-refractivity contribution in [2.24, 2.45) is 0 Å². The van der Waals surface area contributed by atoms with Gasteiger partial charge in [0.15, 0.2) is 6.10 Å². The number of rotatable bonds is 55. The molecule has 0 aliphatic heterocycles. The van der Waals surface area contributed by atoms with Crippen LogP contribution < -0.4 is 0 Å². The smallest absolute Gasteiger partial charge is 0.306 e. The Hall–Kier alpha value is -2.40.